The highest BCUT2D eigenvalue weighted by molar-refractivity contribution is 7.93. The van der Waals surface area contributed by atoms with Gasteiger partial charge in [0.1, 0.15) is 0 Å². The van der Waals surface area contributed by atoms with Crippen LogP contribution in [-0.4, -0.2) is 23.0 Å². The summed E-state index contributed by atoms with van der Waals surface area (Å²) in [6, 6.07) is 12.4. The molecular weight excluding hydrogens is 392 g/mol. The van der Waals surface area contributed by atoms with Crippen molar-refractivity contribution in [1.29, 1.82) is 0 Å². The number of aromatic nitrogens is 3. The quantitative estimate of drug-likeness (QED) is 0.529. The molecule has 4 aromatic rings. The van der Waals surface area contributed by atoms with Gasteiger partial charge in [-0.05, 0) is 30.0 Å². The van der Waals surface area contributed by atoms with Gasteiger partial charge in [0.2, 0.25) is 5.95 Å². The molecule has 6 nitrogen and oxygen atoms in total. The Labute approximate surface area is 160 Å². The van der Waals surface area contributed by atoms with E-state index in [0.29, 0.717) is 16.2 Å². The molecule has 26 heavy (non-hydrogen) atoms. The van der Waals surface area contributed by atoms with Crippen LogP contribution in [0.25, 0.3) is 16.4 Å². The van der Waals surface area contributed by atoms with Gasteiger partial charge in [0.25, 0.3) is 10.0 Å². The van der Waals surface area contributed by atoms with Gasteiger partial charge < -0.3 is 12.6 Å². The predicted octanol–water partition coefficient (Wildman–Crippen LogP) is 3.55. The van der Waals surface area contributed by atoms with Gasteiger partial charge in [0, 0.05) is 16.6 Å². The van der Waals surface area contributed by atoms with Crippen molar-refractivity contribution in [3.63, 3.8) is 0 Å². The van der Waals surface area contributed by atoms with Gasteiger partial charge in [-0.2, -0.15) is 4.90 Å². The summed E-state index contributed by atoms with van der Waals surface area (Å²) in [5.41, 5.74) is 1.18. The maximum Gasteiger partial charge on any atom is 0.262 e. The molecular formula is C17H12ClN4O2S2-. The third-order valence-electron chi connectivity index (χ3n) is 4.04. The lowest BCUT2D eigenvalue weighted by Crippen LogP contribution is -2.16. The minimum Gasteiger partial charge on any atom is -0.778 e. The number of hydrogen-bond donors (Lipinski definition) is 1. The number of hydrogen-bond acceptors (Lipinski definition) is 5. The highest BCUT2D eigenvalue weighted by Crippen LogP contribution is 2.26. The molecule has 0 radical (unpaired) electrons. The first kappa shape index (κ1) is 17.0. The summed E-state index contributed by atoms with van der Waals surface area (Å²) in [6.45, 7) is 1.72. The van der Waals surface area contributed by atoms with E-state index >= 15 is 0 Å². The summed E-state index contributed by atoms with van der Waals surface area (Å²) in [6.07, 6.45) is 1.72. The molecule has 0 unspecified atom stereocenters. The molecule has 9 heteroatoms. The molecule has 0 aliphatic carbocycles. The average Bonchev–Trinajstić information content (AvgIpc) is 3.00. The monoisotopic (exact) mass is 403 g/mol. The van der Waals surface area contributed by atoms with E-state index in [1.165, 1.54) is 12.1 Å². The largest absolute Gasteiger partial charge is 0.778 e. The predicted molar refractivity (Wildman–Crippen MR) is 103 cm³/mol. The van der Waals surface area contributed by atoms with E-state index in [-0.39, 0.29) is 15.7 Å². The van der Waals surface area contributed by atoms with Crippen molar-refractivity contribution in [2.75, 3.05) is 4.72 Å². The maximum absolute atomic E-state index is 12.8. The fourth-order valence-corrected chi connectivity index (χ4v) is 4.59. The van der Waals surface area contributed by atoms with Crippen LogP contribution in [0.5, 0.6) is 0 Å². The Morgan fingerprint density at radius 3 is 2.73 bits per heavy atom. The number of benzene rings is 2. The Kier molecular flexibility index (Phi) is 3.98. The van der Waals surface area contributed by atoms with Gasteiger partial charge in [0.05, 0.1) is 4.90 Å². The van der Waals surface area contributed by atoms with Crippen LogP contribution in [0.3, 0.4) is 0 Å². The van der Waals surface area contributed by atoms with Crippen molar-refractivity contribution in [3.8, 4) is 0 Å². The van der Waals surface area contributed by atoms with Crippen molar-refractivity contribution < 1.29 is 8.42 Å². The van der Waals surface area contributed by atoms with E-state index in [1.54, 1.807) is 17.5 Å². The zero-order chi connectivity index (χ0) is 18.5. The third-order valence-corrected chi connectivity index (χ3v) is 6.28. The van der Waals surface area contributed by atoms with Crippen molar-refractivity contribution >= 4 is 56.6 Å². The standard InChI is InChI=1S/C17H13ClN4O2S2/c1-10-8-15(14(25)9-13(10)18)26(23,24)21-17-20-19-16-12-5-3-2-4-11(12)6-7-22(16)17/h2-9,25H,1H3,(H,20,21)/p-1. The lowest BCUT2D eigenvalue weighted by molar-refractivity contribution is 0.598. The number of nitrogens with zero attached hydrogens (tertiary/aromatic N) is 3. The first-order valence-corrected chi connectivity index (χ1v) is 9.86. The Balaban J connectivity index is 1.82. The molecule has 2 aromatic carbocycles. The molecule has 2 aromatic heterocycles. The van der Waals surface area contributed by atoms with E-state index in [9.17, 15) is 8.42 Å². The molecule has 0 spiro atoms. The van der Waals surface area contributed by atoms with Crippen molar-refractivity contribution in [2.45, 2.75) is 16.7 Å². The second-order valence-electron chi connectivity index (χ2n) is 5.77. The summed E-state index contributed by atoms with van der Waals surface area (Å²) in [4.78, 5) is 0.124. The van der Waals surface area contributed by atoms with E-state index in [2.05, 4.69) is 14.9 Å². The average molecular weight is 404 g/mol. The number of halogens is 1. The number of rotatable bonds is 3. The maximum atomic E-state index is 12.8. The van der Waals surface area contributed by atoms with Crippen LogP contribution in [0.1, 0.15) is 5.56 Å². The van der Waals surface area contributed by atoms with Gasteiger partial charge in [-0.15, -0.1) is 10.2 Å². The highest BCUT2D eigenvalue weighted by atomic mass is 35.5. The summed E-state index contributed by atoms with van der Waals surface area (Å²) >= 11 is 11.2. The Morgan fingerprint density at radius 1 is 1.15 bits per heavy atom. The van der Waals surface area contributed by atoms with Crippen molar-refractivity contribution in [2.24, 2.45) is 0 Å². The SMILES string of the molecule is Cc1cc(S(=O)(=O)Nc2nnc3c4ccccc4ccn23)c([S-])cc1Cl. The van der Waals surface area contributed by atoms with E-state index < -0.39 is 10.0 Å². The summed E-state index contributed by atoms with van der Waals surface area (Å²) in [7, 11) is -3.93. The van der Waals surface area contributed by atoms with Crippen LogP contribution in [-0.2, 0) is 22.7 Å². The topological polar surface area (TPSA) is 76.4 Å². The molecule has 132 valence electrons. The van der Waals surface area contributed by atoms with Gasteiger partial charge in [0.15, 0.2) is 5.65 Å². The minimum absolute atomic E-state index is 0.0214. The van der Waals surface area contributed by atoms with Crippen LogP contribution in [0.2, 0.25) is 5.02 Å². The molecule has 0 aliphatic heterocycles. The number of pyridine rings is 1. The number of anilines is 1. The zero-order valence-corrected chi connectivity index (χ0v) is 15.9. The van der Waals surface area contributed by atoms with Crippen molar-refractivity contribution in [1.82, 2.24) is 14.6 Å². The second kappa shape index (κ2) is 6.08. The first-order chi connectivity index (χ1) is 12.4. The molecule has 0 fully saturated rings. The Hall–Kier alpha value is -2.42. The number of nitrogens with one attached hydrogen (secondary N) is 1. The Bertz CT molecular complexity index is 1270. The molecule has 0 bridgehead atoms. The molecule has 0 saturated heterocycles. The highest BCUT2D eigenvalue weighted by Gasteiger charge is 2.19. The van der Waals surface area contributed by atoms with Crippen LogP contribution in [0, 0.1) is 6.92 Å². The lowest BCUT2D eigenvalue weighted by Gasteiger charge is -2.16. The van der Waals surface area contributed by atoms with Gasteiger partial charge >= 0.3 is 0 Å². The number of aryl methyl sites for hydroxylation is 1. The number of sulfonamides is 1. The molecule has 0 atom stereocenters. The Morgan fingerprint density at radius 2 is 1.92 bits per heavy atom. The summed E-state index contributed by atoms with van der Waals surface area (Å²) < 4.78 is 29.6. The van der Waals surface area contributed by atoms with Crippen molar-refractivity contribution in [3.05, 3.63) is 59.2 Å². The van der Waals surface area contributed by atoms with Crippen LogP contribution < -0.4 is 4.72 Å². The summed E-state index contributed by atoms with van der Waals surface area (Å²) in [5.74, 6) is 0.0905. The van der Waals surface area contributed by atoms with E-state index in [0.717, 1.165) is 10.8 Å². The van der Waals surface area contributed by atoms with Crippen LogP contribution >= 0.6 is 11.6 Å². The van der Waals surface area contributed by atoms with E-state index in [4.69, 9.17) is 24.2 Å². The number of fused-ring (bicyclic) bond motifs is 3. The third kappa shape index (κ3) is 2.76. The smallest absolute Gasteiger partial charge is 0.262 e. The molecule has 2 heterocycles. The molecule has 1 N–H and O–H groups in total. The lowest BCUT2D eigenvalue weighted by atomic mass is 10.2. The van der Waals surface area contributed by atoms with E-state index in [1.807, 2.05) is 30.3 Å². The fraction of sp³-hybridized carbons (Fsp3) is 0.0588. The van der Waals surface area contributed by atoms with Gasteiger partial charge in [-0.25, -0.2) is 13.1 Å². The van der Waals surface area contributed by atoms with Crippen LogP contribution in [0.4, 0.5) is 5.95 Å². The minimum atomic E-state index is -3.93. The summed E-state index contributed by atoms with van der Waals surface area (Å²) in [5, 5.41) is 10.4. The second-order valence-corrected chi connectivity index (χ2v) is 8.27. The fourth-order valence-electron chi connectivity index (χ4n) is 2.71. The van der Waals surface area contributed by atoms with Crippen LogP contribution in [0.15, 0.2) is 58.5 Å². The molecule has 0 saturated carbocycles. The molecule has 0 amide bonds. The van der Waals surface area contributed by atoms with Gasteiger partial charge in [-0.3, -0.25) is 4.40 Å². The normalized spacial score (nSPS) is 11.9. The zero-order valence-electron chi connectivity index (χ0n) is 13.5. The van der Waals surface area contributed by atoms with Gasteiger partial charge in [-0.1, -0.05) is 41.9 Å². The first-order valence-electron chi connectivity index (χ1n) is 7.59. The molecule has 0 aliphatic rings. The molecule has 4 rings (SSSR count).